The lowest BCUT2D eigenvalue weighted by Gasteiger charge is -1.87. The Balaban J connectivity index is 3.35. The van der Waals surface area contributed by atoms with Crippen molar-refractivity contribution in [2.45, 2.75) is 5.08 Å². The fourth-order valence-corrected chi connectivity index (χ4v) is 0.104. The summed E-state index contributed by atoms with van der Waals surface area (Å²) in [7, 11) is 0. The quantitative estimate of drug-likeness (QED) is 0.557. The average Bonchev–Trinajstić information content (AvgIpc) is 1.65. The van der Waals surface area contributed by atoms with Crippen LogP contribution in [0.5, 0.6) is 0 Å². The lowest BCUT2D eigenvalue weighted by Crippen LogP contribution is -2.06. The first-order valence-electron chi connectivity index (χ1n) is 1.29. The Morgan fingerprint density at radius 1 is 1.86 bits per heavy atom. The van der Waals surface area contributed by atoms with Crippen molar-refractivity contribution in [2.24, 2.45) is 0 Å². The van der Waals surface area contributed by atoms with Gasteiger partial charge in [-0.05, 0) is 15.9 Å². The Kier molecular flexibility index (Phi) is 2.82. The minimum atomic E-state index is -2.06. The van der Waals surface area contributed by atoms with Gasteiger partial charge in [-0.3, -0.25) is 4.94 Å². The largest absolute Gasteiger partial charge is 0.393 e. The van der Waals surface area contributed by atoms with Gasteiger partial charge in [0.15, 0.2) is 0 Å². The van der Waals surface area contributed by atoms with Crippen molar-refractivity contribution >= 4 is 21.9 Å². The van der Waals surface area contributed by atoms with Crippen LogP contribution in [0, 0.1) is 0 Å². The smallest absolute Gasteiger partial charge is 0.251 e. The van der Waals surface area contributed by atoms with E-state index in [2.05, 4.69) is 20.9 Å². The number of hydrogen-bond acceptors (Lipinski definition) is 2. The first-order valence-corrected chi connectivity index (χ1v) is 2.20. The molecule has 1 atom stereocenters. The summed E-state index contributed by atoms with van der Waals surface area (Å²) < 4.78 is 21.8. The van der Waals surface area contributed by atoms with Gasteiger partial charge in [0, 0.05) is 4.53 Å². The Hall–Kier alpha value is -0.190. The Morgan fingerprint density at radius 2 is 2.29 bits per heavy atom. The molecule has 0 aromatic heterocycles. The molecule has 0 saturated carbocycles. The lowest BCUT2D eigenvalue weighted by atomic mass is 10.8. The zero-order chi connectivity index (χ0) is 5.86. The van der Waals surface area contributed by atoms with Gasteiger partial charge in [0.25, 0.3) is 5.08 Å². The van der Waals surface area contributed by atoms with Crippen LogP contribution in [0.4, 0.5) is 8.92 Å². The van der Waals surface area contributed by atoms with Gasteiger partial charge in [0.2, 0.25) is 0 Å². The third kappa shape index (κ3) is 2.50. The molecule has 5 heteroatoms. The normalized spacial score (nSPS) is 13.0. The monoisotopic (exact) mass is 174 g/mol. The zero-order valence-corrected chi connectivity index (χ0v) is 4.61. The van der Waals surface area contributed by atoms with Gasteiger partial charge in [-0.2, -0.15) is 0 Å². The van der Waals surface area contributed by atoms with E-state index in [1.807, 2.05) is 0 Å². The van der Waals surface area contributed by atoms with E-state index >= 15 is 0 Å². The fourth-order valence-electron chi connectivity index (χ4n) is 0.0337. The van der Waals surface area contributed by atoms with Gasteiger partial charge in [0.1, 0.15) is 0 Å². The van der Waals surface area contributed by atoms with Gasteiger partial charge in [-0.1, -0.05) is 0 Å². The number of carbonyl (C=O) groups excluding carboxylic acids is 1. The Morgan fingerprint density at radius 3 is 2.29 bits per heavy atom. The van der Waals surface area contributed by atoms with Crippen molar-refractivity contribution in [1.29, 1.82) is 0 Å². The van der Waals surface area contributed by atoms with Gasteiger partial charge < -0.3 is 0 Å². The van der Waals surface area contributed by atoms with Crippen LogP contribution in [0.1, 0.15) is 0 Å². The molecule has 1 unspecified atom stereocenters. The summed E-state index contributed by atoms with van der Waals surface area (Å²) in [6, 6.07) is 0. The van der Waals surface area contributed by atoms with E-state index in [0.29, 0.717) is 0 Å². The molecule has 0 heterocycles. The molecule has 42 valence electrons. The van der Waals surface area contributed by atoms with Crippen molar-refractivity contribution in [3.63, 3.8) is 0 Å². The highest BCUT2D eigenvalue weighted by molar-refractivity contribution is 9.09. The highest BCUT2D eigenvalue weighted by atomic mass is 79.9. The van der Waals surface area contributed by atoms with Gasteiger partial charge in [-0.25, -0.2) is 9.18 Å². The fraction of sp³-hybridized carbons (Fsp3) is 0.500. The molecule has 0 fully saturated rings. The van der Waals surface area contributed by atoms with Crippen LogP contribution < -0.4 is 0 Å². The molecule has 0 radical (unpaired) electrons. The van der Waals surface area contributed by atoms with Gasteiger partial charge >= 0.3 is 5.97 Å². The summed E-state index contributed by atoms with van der Waals surface area (Å²) in [4.78, 5) is 11.9. The molecule has 0 bridgehead atoms. The van der Waals surface area contributed by atoms with Gasteiger partial charge in [0.05, 0.1) is 0 Å². The maximum absolute atomic E-state index is 11.3. The summed E-state index contributed by atoms with van der Waals surface area (Å²) in [5.41, 5.74) is 0. The predicted octanol–water partition coefficient (Wildman–Crippen LogP) is 1.10. The van der Waals surface area contributed by atoms with Crippen LogP contribution in [0.15, 0.2) is 0 Å². The molecule has 0 aliphatic rings. The standard InChI is InChI=1S/C2HBrF2O2/c3-1(4)2(6)7-5/h1H. The van der Waals surface area contributed by atoms with Crippen LogP contribution in [0.25, 0.3) is 0 Å². The molecule has 0 rings (SSSR count). The number of carbonyl (C=O) groups is 1. The van der Waals surface area contributed by atoms with Crippen molar-refractivity contribution in [1.82, 2.24) is 0 Å². The average molecular weight is 175 g/mol. The zero-order valence-electron chi connectivity index (χ0n) is 3.03. The molecule has 0 aliphatic carbocycles. The van der Waals surface area contributed by atoms with Crippen molar-refractivity contribution in [3.8, 4) is 0 Å². The third-order valence-electron chi connectivity index (χ3n) is 0.254. The van der Waals surface area contributed by atoms with E-state index < -0.39 is 11.1 Å². The van der Waals surface area contributed by atoms with E-state index in [9.17, 15) is 13.7 Å². The topological polar surface area (TPSA) is 26.3 Å². The second kappa shape index (κ2) is 2.90. The second-order valence-corrected chi connectivity index (χ2v) is 1.50. The first-order chi connectivity index (χ1) is 3.18. The lowest BCUT2D eigenvalue weighted by molar-refractivity contribution is -0.185. The van der Waals surface area contributed by atoms with Crippen LogP contribution in [-0.4, -0.2) is 11.1 Å². The Labute approximate surface area is 46.5 Å². The molecular formula is C2HBrF2O2. The molecule has 0 saturated heterocycles. The summed E-state index contributed by atoms with van der Waals surface area (Å²) in [6.45, 7) is 0. The van der Waals surface area contributed by atoms with Crippen molar-refractivity contribution < 1.29 is 18.7 Å². The molecular weight excluding hydrogens is 174 g/mol. The number of hydrogen-bond donors (Lipinski definition) is 0. The molecule has 7 heavy (non-hydrogen) atoms. The third-order valence-corrected chi connectivity index (χ3v) is 0.628. The summed E-state index contributed by atoms with van der Waals surface area (Å²) >= 11 is 2.12. The van der Waals surface area contributed by atoms with Crippen LogP contribution in [0.2, 0.25) is 0 Å². The van der Waals surface area contributed by atoms with E-state index in [4.69, 9.17) is 0 Å². The van der Waals surface area contributed by atoms with Crippen LogP contribution in [0.3, 0.4) is 0 Å². The molecule has 0 N–H and O–H groups in total. The van der Waals surface area contributed by atoms with Crippen LogP contribution >= 0.6 is 15.9 Å². The highest BCUT2D eigenvalue weighted by Crippen LogP contribution is 2.01. The Bertz CT molecular complexity index is 74.1. The number of halogens is 3. The highest BCUT2D eigenvalue weighted by Gasteiger charge is 2.14. The van der Waals surface area contributed by atoms with Crippen molar-refractivity contribution in [3.05, 3.63) is 0 Å². The molecule has 0 spiro atoms. The SMILES string of the molecule is O=C(OF)C(F)Br. The maximum Gasteiger partial charge on any atom is 0.393 e. The summed E-state index contributed by atoms with van der Waals surface area (Å²) in [5.74, 6) is -1.57. The molecule has 0 aromatic carbocycles. The molecule has 0 aromatic rings. The predicted molar refractivity (Wildman–Crippen MR) is 21.0 cm³/mol. The minimum Gasteiger partial charge on any atom is -0.251 e. The summed E-state index contributed by atoms with van der Waals surface area (Å²) in [5, 5.41) is -2.06. The first kappa shape index (κ1) is 6.81. The second-order valence-electron chi connectivity index (χ2n) is 0.697. The minimum absolute atomic E-state index is 1.57. The van der Waals surface area contributed by atoms with Gasteiger partial charge in [-0.15, -0.1) is 0 Å². The molecule has 0 amide bonds. The molecule has 0 aliphatic heterocycles. The van der Waals surface area contributed by atoms with E-state index in [1.165, 1.54) is 0 Å². The van der Waals surface area contributed by atoms with E-state index in [-0.39, 0.29) is 0 Å². The van der Waals surface area contributed by atoms with E-state index in [1.54, 1.807) is 0 Å². The number of alkyl halides is 2. The number of rotatable bonds is 1. The molecule has 2 nitrogen and oxygen atoms in total. The summed E-state index contributed by atoms with van der Waals surface area (Å²) in [6.07, 6.45) is 0. The maximum atomic E-state index is 11.3. The van der Waals surface area contributed by atoms with Crippen LogP contribution in [-0.2, 0) is 9.74 Å². The van der Waals surface area contributed by atoms with E-state index in [0.717, 1.165) is 0 Å². The van der Waals surface area contributed by atoms with Crippen molar-refractivity contribution in [2.75, 3.05) is 0 Å².